The summed E-state index contributed by atoms with van der Waals surface area (Å²) in [5.41, 5.74) is 1.10. The Morgan fingerprint density at radius 3 is 2.20 bits per heavy atom. The van der Waals surface area contributed by atoms with Crippen LogP contribution in [0.3, 0.4) is 0 Å². The largest absolute Gasteiger partial charge is 0.300 e. The van der Waals surface area contributed by atoms with Crippen molar-refractivity contribution in [2.45, 2.75) is 13.8 Å². The molecule has 0 saturated carbocycles. The molecule has 1 heteroatoms. The Morgan fingerprint density at radius 1 is 1.40 bits per heavy atom. The maximum Gasteiger partial charge on any atom is 0.0227 e. The van der Waals surface area contributed by atoms with E-state index in [9.17, 15) is 0 Å². The molecule has 10 heavy (non-hydrogen) atoms. The molecule has 0 aliphatic carbocycles. The van der Waals surface area contributed by atoms with Gasteiger partial charge in [0.25, 0.3) is 0 Å². The second kappa shape index (κ2) is 5.24. The lowest BCUT2D eigenvalue weighted by molar-refractivity contribution is 0.332. The van der Waals surface area contributed by atoms with Gasteiger partial charge in [0.1, 0.15) is 0 Å². The molecular formula is C9H17N. The van der Waals surface area contributed by atoms with E-state index in [0.717, 1.165) is 25.2 Å². The van der Waals surface area contributed by atoms with Gasteiger partial charge in [0, 0.05) is 6.54 Å². The standard InChI is InChI=1S/C9H17N/c1-5-9(4)8-10(6-2)7-3/h5H,1,4,6-8H2,2-3H3. The summed E-state index contributed by atoms with van der Waals surface area (Å²) in [5, 5.41) is 0. The molecule has 0 atom stereocenters. The summed E-state index contributed by atoms with van der Waals surface area (Å²) in [4.78, 5) is 2.31. The quantitative estimate of drug-likeness (QED) is 0.527. The summed E-state index contributed by atoms with van der Waals surface area (Å²) in [6.45, 7) is 14.9. The maximum atomic E-state index is 3.85. The molecule has 1 nitrogen and oxygen atoms in total. The van der Waals surface area contributed by atoms with Crippen LogP contribution in [0.25, 0.3) is 0 Å². The molecule has 0 spiro atoms. The molecular weight excluding hydrogens is 122 g/mol. The summed E-state index contributed by atoms with van der Waals surface area (Å²) < 4.78 is 0. The van der Waals surface area contributed by atoms with E-state index in [2.05, 4.69) is 31.9 Å². The van der Waals surface area contributed by atoms with Crippen LogP contribution in [-0.4, -0.2) is 24.5 Å². The third-order valence-electron chi connectivity index (χ3n) is 1.61. The van der Waals surface area contributed by atoms with Crippen LogP contribution in [0.2, 0.25) is 0 Å². The lowest BCUT2D eigenvalue weighted by Crippen LogP contribution is -2.24. The van der Waals surface area contributed by atoms with Gasteiger partial charge in [-0.1, -0.05) is 33.1 Å². The summed E-state index contributed by atoms with van der Waals surface area (Å²) in [7, 11) is 0. The number of nitrogens with zero attached hydrogens (tertiary/aromatic N) is 1. The van der Waals surface area contributed by atoms with Crippen molar-refractivity contribution >= 4 is 0 Å². The highest BCUT2D eigenvalue weighted by molar-refractivity contribution is 5.12. The average Bonchev–Trinajstić information content (AvgIpc) is 1.99. The molecule has 0 heterocycles. The fourth-order valence-electron chi connectivity index (χ4n) is 0.799. The highest BCUT2D eigenvalue weighted by atomic mass is 15.1. The average molecular weight is 139 g/mol. The summed E-state index contributed by atoms with van der Waals surface area (Å²) in [6.07, 6.45) is 1.82. The third-order valence-corrected chi connectivity index (χ3v) is 1.61. The normalized spacial score (nSPS) is 9.90. The first-order valence-electron chi connectivity index (χ1n) is 3.77. The van der Waals surface area contributed by atoms with E-state index >= 15 is 0 Å². The van der Waals surface area contributed by atoms with Crippen LogP contribution in [0.5, 0.6) is 0 Å². The van der Waals surface area contributed by atoms with E-state index < -0.39 is 0 Å². The van der Waals surface area contributed by atoms with Gasteiger partial charge >= 0.3 is 0 Å². The molecule has 0 saturated heterocycles. The van der Waals surface area contributed by atoms with E-state index in [4.69, 9.17) is 0 Å². The minimum atomic E-state index is 0.955. The Hall–Kier alpha value is -0.560. The molecule has 0 bridgehead atoms. The number of hydrogen-bond acceptors (Lipinski definition) is 1. The summed E-state index contributed by atoms with van der Waals surface area (Å²) in [5.74, 6) is 0. The second-order valence-electron chi connectivity index (χ2n) is 2.32. The first-order valence-corrected chi connectivity index (χ1v) is 3.77. The highest BCUT2D eigenvalue weighted by Crippen LogP contribution is 1.95. The monoisotopic (exact) mass is 139 g/mol. The van der Waals surface area contributed by atoms with E-state index in [1.54, 1.807) is 0 Å². The first kappa shape index (κ1) is 9.44. The number of hydrogen-bond donors (Lipinski definition) is 0. The molecule has 0 amide bonds. The number of rotatable bonds is 5. The van der Waals surface area contributed by atoms with Crippen molar-refractivity contribution in [3.63, 3.8) is 0 Å². The molecule has 0 radical (unpaired) electrons. The van der Waals surface area contributed by atoms with E-state index in [-0.39, 0.29) is 0 Å². The van der Waals surface area contributed by atoms with Crippen LogP contribution < -0.4 is 0 Å². The van der Waals surface area contributed by atoms with Crippen LogP contribution in [-0.2, 0) is 0 Å². The third kappa shape index (κ3) is 3.46. The van der Waals surface area contributed by atoms with Gasteiger partial charge in [-0.25, -0.2) is 0 Å². The fourth-order valence-corrected chi connectivity index (χ4v) is 0.799. The molecule has 0 fully saturated rings. The predicted molar refractivity (Wildman–Crippen MR) is 47.1 cm³/mol. The van der Waals surface area contributed by atoms with Crippen molar-refractivity contribution in [3.05, 3.63) is 24.8 Å². The fraction of sp³-hybridized carbons (Fsp3) is 0.556. The lowest BCUT2D eigenvalue weighted by atomic mass is 10.3. The number of likely N-dealkylation sites (N-methyl/N-ethyl adjacent to an activating group) is 1. The zero-order valence-electron chi connectivity index (χ0n) is 7.06. The molecule has 58 valence electrons. The molecule has 0 aromatic heterocycles. The van der Waals surface area contributed by atoms with Gasteiger partial charge in [0.2, 0.25) is 0 Å². The molecule has 0 rings (SSSR count). The van der Waals surface area contributed by atoms with Crippen LogP contribution in [0.15, 0.2) is 24.8 Å². The van der Waals surface area contributed by atoms with Gasteiger partial charge in [-0.2, -0.15) is 0 Å². The zero-order chi connectivity index (χ0) is 7.98. The summed E-state index contributed by atoms with van der Waals surface area (Å²) >= 11 is 0. The van der Waals surface area contributed by atoms with Crippen molar-refractivity contribution in [2.75, 3.05) is 19.6 Å². The maximum absolute atomic E-state index is 3.85. The summed E-state index contributed by atoms with van der Waals surface area (Å²) in [6, 6.07) is 0. The minimum absolute atomic E-state index is 0.955. The van der Waals surface area contributed by atoms with Gasteiger partial charge in [0.05, 0.1) is 0 Å². The lowest BCUT2D eigenvalue weighted by Gasteiger charge is -2.17. The van der Waals surface area contributed by atoms with Crippen LogP contribution in [0.1, 0.15) is 13.8 Å². The molecule has 0 aromatic rings. The second-order valence-corrected chi connectivity index (χ2v) is 2.32. The topological polar surface area (TPSA) is 3.24 Å². The predicted octanol–water partition coefficient (Wildman–Crippen LogP) is 2.07. The minimum Gasteiger partial charge on any atom is -0.300 e. The molecule has 0 unspecified atom stereocenters. The van der Waals surface area contributed by atoms with Gasteiger partial charge in [-0.3, -0.25) is 4.90 Å². The Bertz CT molecular complexity index is 112. The first-order chi connectivity index (χ1) is 4.74. The molecule has 0 N–H and O–H groups in total. The molecule has 0 aliphatic heterocycles. The van der Waals surface area contributed by atoms with Crippen molar-refractivity contribution in [1.29, 1.82) is 0 Å². The SMILES string of the molecule is C=CC(=C)CN(CC)CC. The molecule has 0 aromatic carbocycles. The van der Waals surface area contributed by atoms with Gasteiger partial charge in [-0.15, -0.1) is 0 Å². The van der Waals surface area contributed by atoms with Crippen molar-refractivity contribution in [2.24, 2.45) is 0 Å². The van der Waals surface area contributed by atoms with Gasteiger partial charge in [0.15, 0.2) is 0 Å². The Morgan fingerprint density at radius 2 is 1.90 bits per heavy atom. The van der Waals surface area contributed by atoms with E-state index in [0.29, 0.717) is 0 Å². The van der Waals surface area contributed by atoms with Gasteiger partial charge < -0.3 is 0 Å². The molecule has 0 aliphatic rings. The Kier molecular flexibility index (Phi) is 4.95. The smallest absolute Gasteiger partial charge is 0.0227 e. The van der Waals surface area contributed by atoms with Gasteiger partial charge in [-0.05, 0) is 18.7 Å². The van der Waals surface area contributed by atoms with Crippen molar-refractivity contribution in [3.8, 4) is 0 Å². The van der Waals surface area contributed by atoms with Crippen molar-refractivity contribution < 1.29 is 0 Å². The van der Waals surface area contributed by atoms with Crippen LogP contribution in [0, 0.1) is 0 Å². The van der Waals surface area contributed by atoms with Crippen LogP contribution in [0.4, 0.5) is 0 Å². The van der Waals surface area contributed by atoms with E-state index in [1.165, 1.54) is 0 Å². The van der Waals surface area contributed by atoms with Crippen molar-refractivity contribution in [1.82, 2.24) is 4.90 Å². The Balaban J connectivity index is 3.62. The Labute approximate surface area is 64.0 Å². The highest BCUT2D eigenvalue weighted by Gasteiger charge is 1.97. The van der Waals surface area contributed by atoms with E-state index in [1.807, 2.05) is 6.08 Å². The van der Waals surface area contributed by atoms with Crippen LogP contribution >= 0.6 is 0 Å². The zero-order valence-corrected chi connectivity index (χ0v) is 7.06.